The zero-order valence-corrected chi connectivity index (χ0v) is 12.7. The predicted molar refractivity (Wildman–Crippen MR) is 80.3 cm³/mol. The van der Waals surface area contributed by atoms with Gasteiger partial charge in [-0.05, 0) is 30.5 Å². The van der Waals surface area contributed by atoms with Crippen LogP contribution in [0, 0.1) is 5.41 Å². The number of aliphatic hydroxyl groups is 2. The first-order valence-corrected chi connectivity index (χ1v) is 7.27. The fourth-order valence-corrected chi connectivity index (χ4v) is 3.08. The fourth-order valence-electron chi connectivity index (χ4n) is 3.08. The van der Waals surface area contributed by atoms with Crippen LogP contribution in [0.4, 0.5) is 0 Å². The van der Waals surface area contributed by atoms with Crippen LogP contribution in [-0.4, -0.2) is 49.8 Å². The van der Waals surface area contributed by atoms with Gasteiger partial charge in [-0.25, -0.2) is 0 Å². The van der Waals surface area contributed by atoms with E-state index in [1.165, 1.54) is 5.56 Å². The molecule has 0 heterocycles. The maximum Gasteiger partial charge on any atom is 0.118 e. The molecule has 1 aromatic rings. The molecule has 2 rings (SSSR count). The van der Waals surface area contributed by atoms with Crippen LogP contribution < -0.4 is 10.1 Å². The van der Waals surface area contributed by atoms with Gasteiger partial charge in [-0.15, -0.1) is 0 Å². The quantitative estimate of drug-likeness (QED) is 0.698. The minimum absolute atomic E-state index is 0.194. The van der Waals surface area contributed by atoms with Crippen LogP contribution >= 0.6 is 0 Å². The molecule has 1 saturated carbocycles. The second-order valence-corrected chi connectivity index (χ2v) is 5.93. The van der Waals surface area contributed by atoms with Crippen LogP contribution in [0.5, 0.6) is 5.75 Å². The first kappa shape index (κ1) is 16.2. The summed E-state index contributed by atoms with van der Waals surface area (Å²) < 4.78 is 10.4. The molecule has 0 amide bonds. The molecule has 0 radical (unpaired) electrons. The molecule has 118 valence electrons. The minimum atomic E-state index is -0.650. The lowest BCUT2D eigenvalue weighted by molar-refractivity contribution is 0.0438. The number of benzene rings is 1. The number of methoxy groups -OCH3 is 2. The average Bonchev–Trinajstić information content (AvgIpc) is 2.75. The number of ether oxygens (including phenoxy) is 2. The Hall–Kier alpha value is -1.14. The van der Waals surface area contributed by atoms with Crippen LogP contribution in [0.3, 0.4) is 0 Å². The maximum absolute atomic E-state index is 9.79. The highest BCUT2D eigenvalue weighted by Gasteiger charge is 2.43. The Morgan fingerprint density at radius 2 is 1.76 bits per heavy atom. The lowest BCUT2D eigenvalue weighted by Crippen LogP contribution is -2.36. The van der Waals surface area contributed by atoms with Crippen LogP contribution in [0.15, 0.2) is 24.3 Å². The van der Waals surface area contributed by atoms with Crippen LogP contribution in [-0.2, 0) is 11.3 Å². The highest BCUT2D eigenvalue weighted by atomic mass is 16.5. The summed E-state index contributed by atoms with van der Waals surface area (Å²) in [6, 6.07) is 7.91. The summed E-state index contributed by atoms with van der Waals surface area (Å²) in [5.41, 5.74) is 0.975. The van der Waals surface area contributed by atoms with Crippen molar-refractivity contribution in [2.75, 3.05) is 27.4 Å². The lowest BCUT2D eigenvalue weighted by Gasteiger charge is -2.28. The van der Waals surface area contributed by atoms with Gasteiger partial charge in [0.05, 0.1) is 25.9 Å². The predicted octanol–water partition coefficient (Wildman–Crippen LogP) is 0.933. The molecule has 3 N–H and O–H groups in total. The molecule has 5 nitrogen and oxygen atoms in total. The van der Waals surface area contributed by atoms with E-state index in [0.29, 0.717) is 26.0 Å². The number of aliphatic hydroxyl groups excluding tert-OH is 2. The van der Waals surface area contributed by atoms with Gasteiger partial charge in [-0.3, -0.25) is 0 Å². The molecule has 5 heteroatoms. The Kier molecular flexibility index (Phi) is 5.58. The van der Waals surface area contributed by atoms with Gasteiger partial charge in [0, 0.05) is 25.6 Å². The van der Waals surface area contributed by atoms with E-state index in [2.05, 4.69) is 5.32 Å². The number of rotatable bonds is 7. The van der Waals surface area contributed by atoms with Gasteiger partial charge in [0.1, 0.15) is 5.75 Å². The zero-order valence-electron chi connectivity index (χ0n) is 12.7. The van der Waals surface area contributed by atoms with Gasteiger partial charge >= 0.3 is 0 Å². The third kappa shape index (κ3) is 4.17. The normalized spacial score (nSPS) is 28.8. The number of nitrogens with one attached hydrogen (secondary N) is 1. The summed E-state index contributed by atoms with van der Waals surface area (Å²) >= 11 is 0. The third-order valence-electron chi connectivity index (χ3n) is 4.17. The van der Waals surface area contributed by atoms with E-state index in [0.717, 1.165) is 12.3 Å². The first-order valence-electron chi connectivity index (χ1n) is 7.27. The molecule has 0 saturated heterocycles. The van der Waals surface area contributed by atoms with E-state index in [4.69, 9.17) is 9.47 Å². The van der Waals surface area contributed by atoms with E-state index >= 15 is 0 Å². The largest absolute Gasteiger partial charge is 0.497 e. The van der Waals surface area contributed by atoms with Crippen molar-refractivity contribution in [2.24, 2.45) is 5.41 Å². The SMILES string of the molecule is COCC1(CNCc2ccc(OC)cc2)C[C@@H](O)[C@@H](O)C1. The standard InChI is InChI=1S/C16H25NO4/c1-20-11-16(7-14(18)15(19)8-16)10-17-9-12-3-5-13(21-2)6-4-12/h3-6,14-15,17-19H,7-11H2,1-2H3/t14-,15+,16?. The van der Waals surface area contributed by atoms with Crippen LogP contribution in [0.2, 0.25) is 0 Å². The monoisotopic (exact) mass is 295 g/mol. The highest BCUT2D eigenvalue weighted by molar-refractivity contribution is 5.27. The van der Waals surface area contributed by atoms with Crippen molar-refractivity contribution in [3.63, 3.8) is 0 Å². The Labute approximate surface area is 125 Å². The zero-order chi connectivity index (χ0) is 15.3. The molecule has 0 bridgehead atoms. The van der Waals surface area contributed by atoms with E-state index < -0.39 is 12.2 Å². The molecule has 21 heavy (non-hydrogen) atoms. The molecular formula is C16H25NO4. The summed E-state index contributed by atoms with van der Waals surface area (Å²) in [6.07, 6.45) is -0.166. The summed E-state index contributed by atoms with van der Waals surface area (Å²) in [4.78, 5) is 0. The van der Waals surface area contributed by atoms with Crippen LogP contribution in [0.25, 0.3) is 0 Å². The smallest absolute Gasteiger partial charge is 0.118 e. The van der Waals surface area contributed by atoms with Crippen molar-refractivity contribution < 1.29 is 19.7 Å². The van der Waals surface area contributed by atoms with Crippen molar-refractivity contribution in [3.05, 3.63) is 29.8 Å². The van der Waals surface area contributed by atoms with Gasteiger partial charge in [-0.1, -0.05) is 12.1 Å². The van der Waals surface area contributed by atoms with Gasteiger partial charge in [0.25, 0.3) is 0 Å². The Morgan fingerprint density at radius 3 is 2.29 bits per heavy atom. The minimum Gasteiger partial charge on any atom is -0.497 e. The molecule has 3 atom stereocenters. The van der Waals surface area contributed by atoms with E-state index in [1.807, 2.05) is 24.3 Å². The molecule has 1 unspecified atom stereocenters. The molecule has 0 spiro atoms. The lowest BCUT2D eigenvalue weighted by atomic mass is 9.86. The molecule has 0 aliphatic heterocycles. The van der Waals surface area contributed by atoms with E-state index in [1.54, 1.807) is 14.2 Å². The van der Waals surface area contributed by atoms with Crippen molar-refractivity contribution >= 4 is 0 Å². The molecule has 1 aliphatic rings. The van der Waals surface area contributed by atoms with Gasteiger partial charge in [-0.2, -0.15) is 0 Å². The van der Waals surface area contributed by atoms with Gasteiger partial charge in [0.15, 0.2) is 0 Å². The van der Waals surface area contributed by atoms with Crippen molar-refractivity contribution in [1.82, 2.24) is 5.32 Å². The second kappa shape index (κ2) is 7.22. The summed E-state index contributed by atoms with van der Waals surface area (Å²) in [5.74, 6) is 0.844. The third-order valence-corrected chi connectivity index (χ3v) is 4.17. The number of hydrogen-bond acceptors (Lipinski definition) is 5. The van der Waals surface area contributed by atoms with E-state index in [-0.39, 0.29) is 5.41 Å². The Morgan fingerprint density at radius 1 is 1.14 bits per heavy atom. The van der Waals surface area contributed by atoms with Gasteiger partial charge in [0.2, 0.25) is 0 Å². The van der Waals surface area contributed by atoms with E-state index in [9.17, 15) is 10.2 Å². The fraction of sp³-hybridized carbons (Fsp3) is 0.625. The van der Waals surface area contributed by atoms with Crippen molar-refractivity contribution in [3.8, 4) is 5.75 Å². The highest BCUT2D eigenvalue weighted by Crippen LogP contribution is 2.38. The Balaban J connectivity index is 1.87. The molecule has 1 aliphatic carbocycles. The van der Waals surface area contributed by atoms with Crippen LogP contribution in [0.1, 0.15) is 18.4 Å². The summed E-state index contributed by atoms with van der Waals surface area (Å²) in [5, 5.41) is 23.0. The number of hydrogen-bond donors (Lipinski definition) is 3. The summed E-state index contributed by atoms with van der Waals surface area (Å²) in [7, 11) is 3.31. The first-order chi connectivity index (χ1) is 10.1. The summed E-state index contributed by atoms with van der Waals surface area (Å²) in [6.45, 7) is 1.99. The van der Waals surface area contributed by atoms with Crippen molar-refractivity contribution in [1.29, 1.82) is 0 Å². The molecule has 1 aromatic carbocycles. The molecular weight excluding hydrogens is 270 g/mol. The molecule has 1 fully saturated rings. The van der Waals surface area contributed by atoms with Crippen molar-refractivity contribution in [2.45, 2.75) is 31.6 Å². The Bertz CT molecular complexity index is 424. The maximum atomic E-state index is 9.79. The second-order valence-electron chi connectivity index (χ2n) is 5.93. The van der Waals surface area contributed by atoms with Gasteiger partial charge < -0.3 is 25.0 Å². The molecule has 0 aromatic heterocycles. The average molecular weight is 295 g/mol. The topological polar surface area (TPSA) is 71.0 Å².